The number of ether oxygens (including phenoxy) is 1. The lowest BCUT2D eigenvalue weighted by molar-refractivity contribution is -0.137. The van der Waals surface area contributed by atoms with Gasteiger partial charge in [0.05, 0.1) is 6.61 Å². The number of carbonyl (C=O) groups is 1. The fourth-order valence-electron chi connectivity index (χ4n) is 2.22. The largest absolute Gasteiger partial charge is 0.463 e. The first-order valence-electron chi connectivity index (χ1n) is 7.07. The van der Waals surface area contributed by atoms with Crippen LogP contribution in [0.4, 0.5) is 5.69 Å². The molecule has 0 radical (unpaired) electrons. The molecule has 1 aromatic carbocycles. The lowest BCUT2D eigenvalue weighted by Gasteiger charge is -2.34. The fourth-order valence-corrected chi connectivity index (χ4v) is 2.22. The van der Waals surface area contributed by atoms with Crippen LogP contribution in [0.25, 0.3) is 6.08 Å². The molecule has 1 aliphatic heterocycles. The number of rotatable bonds is 4. The molecule has 4 heteroatoms. The van der Waals surface area contributed by atoms with Crippen molar-refractivity contribution in [2.45, 2.75) is 6.92 Å². The Balaban J connectivity index is 1.94. The lowest BCUT2D eigenvalue weighted by atomic mass is 10.1. The standard InChI is InChI=1S/C16H22N2O2/c1-3-20-16(19)9-6-14-4-7-15(8-5-14)18-12-10-17(2)11-13-18/h4-9H,3,10-13H2,1-2H3. The van der Waals surface area contributed by atoms with E-state index in [1.807, 2.05) is 12.1 Å². The van der Waals surface area contributed by atoms with Gasteiger partial charge in [-0.05, 0) is 37.7 Å². The molecule has 0 aliphatic carbocycles. The van der Waals surface area contributed by atoms with Crippen LogP contribution in [0.5, 0.6) is 0 Å². The van der Waals surface area contributed by atoms with Gasteiger partial charge in [0.15, 0.2) is 0 Å². The van der Waals surface area contributed by atoms with Crippen molar-refractivity contribution in [1.29, 1.82) is 0 Å². The van der Waals surface area contributed by atoms with E-state index in [9.17, 15) is 4.79 Å². The van der Waals surface area contributed by atoms with Crippen molar-refractivity contribution >= 4 is 17.7 Å². The summed E-state index contributed by atoms with van der Waals surface area (Å²) in [6, 6.07) is 8.28. The smallest absolute Gasteiger partial charge is 0.330 e. The Kier molecular flexibility index (Phi) is 5.18. The van der Waals surface area contributed by atoms with E-state index < -0.39 is 0 Å². The number of likely N-dealkylation sites (N-methyl/N-ethyl adjacent to an activating group) is 1. The van der Waals surface area contributed by atoms with Crippen molar-refractivity contribution in [3.63, 3.8) is 0 Å². The molecule has 1 aromatic rings. The van der Waals surface area contributed by atoms with Gasteiger partial charge in [0.1, 0.15) is 0 Å². The summed E-state index contributed by atoms with van der Waals surface area (Å²) in [5.41, 5.74) is 2.25. The molecule has 1 fully saturated rings. The highest BCUT2D eigenvalue weighted by molar-refractivity contribution is 5.87. The van der Waals surface area contributed by atoms with E-state index in [2.05, 4.69) is 29.0 Å². The Morgan fingerprint density at radius 1 is 1.20 bits per heavy atom. The van der Waals surface area contributed by atoms with Gasteiger partial charge in [-0.15, -0.1) is 0 Å². The van der Waals surface area contributed by atoms with E-state index in [0.29, 0.717) is 6.61 Å². The van der Waals surface area contributed by atoms with Gasteiger partial charge < -0.3 is 14.5 Å². The van der Waals surface area contributed by atoms with Crippen molar-refractivity contribution in [3.8, 4) is 0 Å². The van der Waals surface area contributed by atoms with Crippen molar-refractivity contribution in [2.75, 3.05) is 44.7 Å². The quantitative estimate of drug-likeness (QED) is 0.621. The topological polar surface area (TPSA) is 32.8 Å². The number of anilines is 1. The minimum Gasteiger partial charge on any atom is -0.463 e. The van der Waals surface area contributed by atoms with Crippen molar-refractivity contribution in [2.24, 2.45) is 0 Å². The van der Waals surface area contributed by atoms with Crippen LogP contribution in [0, 0.1) is 0 Å². The summed E-state index contributed by atoms with van der Waals surface area (Å²) in [6.45, 7) is 6.54. The van der Waals surface area contributed by atoms with E-state index in [1.54, 1.807) is 13.0 Å². The average molecular weight is 274 g/mol. The molecule has 2 rings (SSSR count). The van der Waals surface area contributed by atoms with E-state index in [0.717, 1.165) is 31.7 Å². The zero-order chi connectivity index (χ0) is 14.4. The highest BCUT2D eigenvalue weighted by atomic mass is 16.5. The third-order valence-corrected chi connectivity index (χ3v) is 3.46. The molecule has 0 N–H and O–H groups in total. The predicted molar refractivity (Wildman–Crippen MR) is 81.8 cm³/mol. The molecule has 1 saturated heterocycles. The molecule has 0 atom stereocenters. The van der Waals surface area contributed by atoms with Crippen LogP contribution in [-0.2, 0) is 9.53 Å². The highest BCUT2D eigenvalue weighted by Crippen LogP contribution is 2.17. The zero-order valence-corrected chi connectivity index (χ0v) is 12.2. The summed E-state index contributed by atoms with van der Waals surface area (Å²) in [7, 11) is 2.15. The van der Waals surface area contributed by atoms with Crippen molar-refractivity contribution < 1.29 is 9.53 Å². The number of carbonyl (C=O) groups excluding carboxylic acids is 1. The van der Waals surface area contributed by atoms with Crippen LogP contribution in [0.15, 0.2) is 30.3 Å². The average Bonchev–Trinajstić information content (AvgIpc) is 2.47. The summed E-state index contributed by atoms with van der Waals surface area (Å²) in [4.78, 5) is 16.0. The van der Waals surface area contributed by atoms with Gasteiger partial charge in [-0.2, -0.15) is 0 Å². The molecule has 1 aliphatic rings. The van der Waals surface area contributed by atoms with E-state index in [1.165, 1.54) is 11.8 Å². The minimum absolute atomic E-state index is 0.296. The summed E-state index contributed by atoms with van der Waals surface area (Å²) in [5, 5.41) is 0. The molecule has 0 aromatic heterocycles. The first-order valence-corrected chi connectivity index (χ1v) is 7.07. The first kappa shape index (κ1) is 14.6. The molecule has 4 nitrogen and oxygen atoms in total. The van der Waals surface area contributed by atoms with Crippen LogP contribution in [0.2, 0.25) is 0 Å². The normalized spacial score (nSPS) is 16.6. The van der Waals surface area contributed by atoms with Crippen LogP contribution >= 0.6 is 0 Å². The van der Waals surface area contributed by atoms with E-state index >= 15 is 0 Å². The van der Waals surface area contributed by atoms with Gasteiger partial charge in [0.25, 0.3) is 0 Å². The molecular formula is C16H22N2O2. The Morgan fingerprint density at radius 2 is 1.85 bits per heavy atom. The maximum absolute atomic E-state index is 11.2. The maximum atomic E-state index is 11.2. The summed E-state index contributed by atoms with van der Waals surface area (Å²) in [6.07, 6.45) is 3.25. The van der Waals surface area contributed by atoms with E-state index in [4.69, 9.17) is 4.74 Å². The molecule has 0 unspecified atom stereocenters. The molecule has 108 valence electrons. The van der Waals surface area contributed by atoms with Gasteiger partial charge in [0.2, 0.25) is 0 Å². The molecule has 0 amide bonds. The van der Waals surface area contributed by atoms with Gasteiger partial charge in [-0.25, -0.2) is 4.79 Å². The minimum atomic E-state index is -0.296. The Labute approximate surface area is 120 Å². The van der Waals surface area contributed by atoms with Gasteiger partial charge in [-0.1, -0.05) is 12.1 Å². The van der Waals surface area contributed by atoms with Gasteiger partial charge in [0, 0.05) is 37.9 Å². The third-order valence-electron chi connectivity index (χ3n) is 3.46. The lowest BCUT2D eigenvalue weighted by Crippen LogP contribution is -2.44. The monoisotopic (exact) mass is 274 g/mol. The van der Waals surface area contributed by atoms with Crippen molar-refractivity contribution in [1.82, 2.24) is 4.90 Å². The predicted octanol–water partition coefficient (Wildman–Crippen LogP) is 2.01. The second-order valence-electron chi connectivity index (χ2n) is 4.97. The number of hydrogen-bond acceptors (Lipinski definition) is 4. The summed E-state index contributed by atoms with van der Waals surface area (Å²) < 4.78 is 4.85. The number of esters is 1. The highest BCUT2D eigenvalue weighted by Gasteiger charge is 2.13. The fraction of sp³-hybridized carbons (Fsp3) is 0.438. The van der Waals surface area contributed by atoms with Crippen LogP contribution in [0.1, 0.15) is 12.5 Å². The van der Waals surface area contributed by atoms with Gasteiger partial charge in [-0.3, -0.25) is 0 Å². The second-order valence-corrected chi connectivity index (χ2v) is 4.97. The number of hydrogen-bond donors (Lipinski definition) is 0. The second kappa shape index (κ2) is 7.10. The van der Waals surface area contributed by atoms with Crippen LogP contribution in [-0.4, -0.2) is 50.7 Å². The Morgan fingerprint density at radius 3 is 2.45 bits per heavy atom. The molecule has 0 spiro atoms. The zero-order valence-electron chi connectivity index (χ0n) is 12.2. The summed E-state index contributed by atoms with van der Waals surface area (Å²) >= 11 is 0. The number of benzene rings is 1. The molecular weight excluding hydrogens is 252 g/mol. The van der Waals surface area contributed by atoms with Crippen molar-refractivity contribution in [3.05, 3.63) is 35.9 Å². The molecule has 1 heterocycles. The Bertz CT molecular complexity index is 460. The third kappa shape index (κ3) is 4.10. The van der Waals surface area contributed by atoms with Gasteiger partial charge >= 0.3 is 5.97 Å². The first-order chi connectivity index (χ1) is 9.69. The number of nitrogens with zero attached hydrogens (tertiary/aromatic N) is 2. The van der Waals surface area contributed by atoms with Crippen LogP contribution in [0.3, 0.4) is 0 Å². The number of piperazine rings is 1. The maximum Gasteiger partial charge on any atom is 0.330 e. The molecule has 0 saturated carbocycles. The Hall–Kier alpha value is -1.81. The summed E-state index contributed by atoms with van der Waals surface area (Å²) in [5.74, 6) is -0.296. The SMILES string of the molecule is CCOC(=O)C=Cc1ccc(N2CCN(C)CC2)cc1. The molecule has 0 bridgehead atoms. The van der Waals surface area contributed by atoms with E-state index in [-0.39, 0.29) is 5.97 Å². The molecule has 20 heavy (non-hydrogen) atoms. The van der Waals surface area contributed by atoms with Crippen LogP contribution < -0.4 is 4.90 Å².